The maximum absolute atomic E-state index is 11.4. The molecular formula is C14H19N2O2. The van der Waals surface area contributed by atoms with Gasteiger partial charge < -0.3 is 9.64 Å². The van der Waals surface area contributed by atoms with Crippen molar-refractivity contribution < 1.29 is 9.53 Å². The molecular weight excluding hydrogens is 228 g/mol. The molecule has 1 aromatic heterocycles. The molecule has 1 aliphatic heterocycles. The molecule has 1 saturated heterocycles. The van der Waals surface area contributed by atoms with Crippen LogP contribution < -0.4 is 4.90 Å². The Morgan fingerprint density at radius 2 is 2.17 bits per heavy atom. The lowest BCUT2D eigenvalue weighted by Crippen LogP contribution is -2.31. The molecule has 0 aliphatic carbocycles. The van der Waals surface area contributed by atoms with Crippen LogP contribution >= 0.6 is 0 Å². The quantitative estimate of drug-likeness (QED) is 0.765. The van der Waals surface area contributed by atoms with Crippen LogP contribution in [0.25, 0.3) is 0 Å². The van der Waals surface area contributed by atoms with Crippen LogP contribution in [0.15, 0.2) is 6.20 Å². The zero-order chi connectivity index (χ0) is 13.0. The van der Waals surface area contributed by atoms with Gasteiger partial charge >= 0.3 is 5.97 Å². The number of ether oxygens (including phenoxy) is 1. The number of pyridine rings is 1. The van der Waals surface area contributed by atoms with E-state index in [1.165, 1.54) is 26.4 Å². The first-order valence-corrected chi connectivity index (χ1v) is 6.40. The van der Waals surface area contributed by atoms with Crippen LogP contribution in [0.1, 0.15) is 30.4 Å². The van der Waals surface area contributed by atoms with E-state index in [1.807, 2.05) is 6.92 Å². The van der Waals surface area contributed by atoms with Gasteiger partial charge in [-0.25, -0.2) is 0 Å². The molecule has 2 heterocycles. The minimum absolute atomic E-state index is 0.222. The lowest BCUT2D eigenvalue weighted by atomic mass is 10.0. The number of methoxy groups -OCH3 is 1. The van der Waals surface area contributed by atoms with Gasteiger partial charge in [-0.2, -0.15) is 0 Å². The van der Waals surface area contributed by atoms with Gasteiger partial charge in [0.05, 0.1) is 19.7 Å². The lowest BCUT2D eigenvalue weighted by Gasteiger charge is -2.31. The van der Waals surface area contributed by atoms with Crippen LogP contribution in [0.5, 0.6) is 0 Å². The molecule has 0 unspecified atom stereocenters. The van der Waals surface area contributed by atoms with Gasteiger partial charge in [0.25, 0.3) is 0 Å². The molecule has 1 radical (unpaired) electrons. The molecule has 0 amide bonds. The smallest absolute Gasteiger partial charge is 0.310 e. The van der Waals surface area contributed by atoms with Crippen LogP contribution in [0.4, 0.5) is 5.69 Å². The molecule has 18 heavy (non-hydrogen) atoms. The van der Waals surface area contributed by atoms with Crippen molar-refractivity contribution in [3.63, 3.8) is 0 Å². The standard InChI is InChI=1S/C14H19N2O2/c1-11-9-15-10-12(8-13(17)18-2)14(11)16-6-4-3-5-7-16/h10H,3-8H2,1-2H3. The van der Waals surface area contributed by atoms with Crippen molar-refractivity contribution in [2.45, 2.75) is 32.6 Å². The minimum Gasteiger partial charge on any atom is -0.469 e. The van der Waals surface area contributed by atoms with Gasteiger partial charge in [0.15, 0.2) is 0 Å². The molecule has 0 bridgehead atoms. The summed E-state index contributed by atoms with van der Waals surface area (Å²) in [5.41, 5.74) is 3.08. The van der Waals surface area contributed by atoms with E-state index in [2.05, 4.69) is 16.1 Å². The van der Waals surface area contributed by atoms with E-state index in [1.54, 1.807) is 6.20 Å². The highest BCUT2D eigenvalue weighted by molar-refractivity contribution is 5.76. The van der Waals surface area contributed by atoms with Crippen molar-refractivity contribution in [3.8, 4) is 0 Å². The number of hydrogen-bond acceptors (Lipinski definition) is 4. The predicted octanol–water partition coefficient (Wildman–Crippen LogP) is 1.90. The highest BCUT2D eigenvalue weighted by atomic mass is 16.5. The van der Waals surface area contributed by atoms with Crippen molar-refractivity contribution >= 4 is 11.7 Å². The van der Waals surface area contributed by atoms with Gasteiger partial charge in [0.2, 0.25) is 0 Å². The van der Waals surface area contributed by atoms with Crippen LogP contribution in [0.2, 0.25) is 0 Å². The summed E-state index contributed by atoms with van der Waals surface area (Å²) >= 11 is 0. The first-order valence-electron chi connectivity index (χ1n) is 6.40. The van der Waals surface area contributed by atoms with Crippen LogP contribution in [0, 0.1) is 13.1 Å². The molecule has 4 heteroatoms. The Hall–Kier alpha value is -1.58. The number of hydrogen-bond donors (Lipinski definition) is 0. The largest absolute Gasteiger partial charge is 0.469 e. The van der Waals surface area contributed by atoms with E-state index in [9.17, 15) is 4.79 Å². The fourth-order valence-electron chi connectivity index (χ4n) is 2.48. The molecule has 0 saturated carbocycles. The van der Waals surface area contributed by atoms with Gasteiger partial charge in [-0.1, -0.05) is 0 Å². The van der Waals surface area contributed by atoms with Crippen LogP contribution in [0.3, 0.4) is 0 Å². The third-order valence-corrected chi connectivity index (χ3v) is 3.35. The number of carbonyl (C=O) groups excluding carboxylic acids is 1. The Balaban J connectivity index is 2.28. The minimum atomic E-state index is -0.222. The third kappa shape index (κ3) is 2.81. The van der Waals surface area contributed by atoms with Gasteiger partial charge in [0, 0.05) is 36.1 Å². The monoisotopic (exact) mass is 247 g/mol. The Labute approximate surface area is 108 Å². The second-order valence-corrected chi connectivity index (χ2v) is 4.67. The number of carbonyl (C=O) groups is 1. The second kappa shape index (κ2) is 5.85. The first kappa shape index (κ1) is 12.9. The molecule has 0 aromatic carbocycles. The molecule has 4 nitrogen and oxygen atoms in total. The van der Waals surface area contributed by atoms with E-state index in [-0.39, 0.29) is 12.4 Å². The maximum Gasteiger partial charge on any atom is 0.310 e. The highest BCUT2D eigenvalue weighted by Crippen LogP contribution is 2.27. The molecule has 1 aromatic rings. The molecule has 0 N–H and O–H groups in total. The lowest BCUT2D eigenvalue weighted by molar-refractivity contribution is -0.139. The number of aryl methyl sites for hydroxylation is 1. The van der Waals surface area contributed by atoms with Crippen LogP contribution in [-0.4, -0.2) is 31.2 Å². The van der Waals surface area contributed by atoms with Gasteiger partial charge in [0.1, 0.15) is 0 Å². The third-order valence-electron chi connectivity index (χ3n) is 3.35. The maximum atomic E-state index is 11.4. The van der Waals surface area contributed by atoms with Crippen LogP contribution in [-0.2, 0) is 16.0 Å². The Kier molecular flexibility index (Phi) is 4.18. The topological polar surface area (TPSA) is 42.4 Å². The first-order chi connectivity index (χ1) is 8.72. The van der Waals surface area contributed by atoms with Crippen molar-refractivity contribution in [1.82, 2.24) is 4.98 Å². The molecule has 97 valence electrons. The second-order valence-electron chi connectivity index (χ2n) is 4.67. The summed E-state index contributed by atoms with van der Waals surface area (Å²) in [5, 5.41) is 0. The summed E-state index contributed by atoms with van der Waals surface area (Å²) in [4.78, 5) is 17.9. The van der Waals surface area contributed by atoms with Crippen molar-refractivity contribution in [1.29, 1.82) is 0 Å². The molecule has 0 atom stereocenters. The fourth-order valence-corrected chi connectivity index (χ4v) is 2.48. The number of esters is 1. The average Bonchev–Trinajstić information content (AvgIpc) is 2.40. The SMILES string of the molecule is COC(=O)Cc1cn[c]c(C)c1N1CCCCC1. The summed E-state index contributed by atoms with van der Waals surface area (Å²) < 4.78 is 4.74. The molecule has 1 fully saturated rings. The fraction of sp³-hybridized carbons (Fsp3) is 0.571. The number of anilines is 1. The molecule has 0 spiro atoms. The van der Waals surface area contributed by atoms with E-state index in [0.717, 1.165) is 29.9 Å². The van der Waals surface area contributed by atoms with E-state index in [4.69, 9.17) is 4.74 Å². The summed E-state index contributed by atoms with van der Waals surface area (Å²) in [6, 6.07) is 0. The predicted molar refractivity (Wildman–Crippen MR) is 69.6 cm³/mol. The zero-order valence-corrected chi connectivity index (χ0v) is 11.0. The number of rotatable bonds is 3. The highest BCUT2D eigenvalue weighted by Gasteiger charge is 2.18. The molecule has 2 rings (SSSR count). The van der Waals surface area contributed by atoms with E-state index >= 15 is 0 Å². The summed E-state index contributed by atoms with van der Waals surface area (Å²) in [6.45, 7) is 4.09. The van der Waals surface area contributed by atoms with Crippen molar-refractivity contribution in [2.24, 2.45) is 0 Å². The summed E-state index contributed by atoms with van der Waals surface area (Å²) in [7, 11) is 1.41. The number of aromatic nitrogens is 1. The Morgan fingerprint density at radius 3 is 2.83 bits per heavy atom. The molecule has 1 aliphatic rings. The van der Waals surface area contributed by atoms with E-state index in [0.29, 0.717) is 0 Å². The van der Waals surface area contributed by atoms with Gasteiger partial charge in [-0.15, -0.1) is 0 Å². The summed E-state index contributed by atoms with van der Waals surface area (Å²) in [6.07, 6.45) is 8.70. The zero-order valence-electron chi connectivity index (χ0n) is 11.0. The Morgan fingerprint density at radius 1 is 1.44 bits per heavy atom. The van der Waals surface area contributed by atoms with Crippen molar-refractivity contribution in [3.05, 3.63) is 23.5 Å². The number of piperidine rings is 1. The normalized spacial score (nSPS) is 15.6. The number of nitrogens with zero attached hydrogens (tertiary/aromatic N) is 2. The van der Waals surface area contributed by atoms with Gasteiger partial charge in [-0.3, -0.25) is 9.78 Å². The van der Waals surface area contributed by atoms with E-state index < -0.39 is 0 Å². The van der Waals surface area contributed by atoms with Gasteiger partial charge in [-0.05, 0) is 26.2 Å². The van der Waals surface area contributed by atoms with Crippen molar-refractivity contribution in [2.75, 3.05) is 25.1 Å². The Bertz CT molecular complexity index is 426. The summed E-state index contributed by atoms with van der Waals surface area (Å²) in [5.74, 6) is -0.222. The average molecular weight is 247 g/mol.